The molecule has 18 heavy (non-hydrogen) atoms. The zero-order valence-electron chi connectivity index (χ0n) is 10.6. The first-order valence-electron chi connectivity index (χ1n) is 6.32. The molecule has 0 bridgehead atoms. The van der Waals surface area contributed by atoms with Crippen LogP contribution in [0.3, 0.4) is 0 Å². The second kappa shape index (κ2) is 4.12. The molecule has 1 aliphatic carbocycles. The van der Waals surface area contributed by atoms with Crippen molar-refractivity contribution in [3.63, 3.8) is 0 Å². The summed E-state index contributed by atoms with van der Waals surface area (Å²) in [7, 11) is 0. The molecule has 2 atom stereocenters. The predicted molar refractivity (Wildman–Crippen MR) is 67.4 cm³/mol. The lowest BCUT2D eigenvalue weighted by atomic mass is 10.1. The van der Waals surface area contributed by atoms with E-state index in [0.29, 0.717) is 12.5 Å². The summed E-state index contributed by atoms with van der Waals surface area (Å²) in [5.41, 5.74) is 3.30. The van der Waals surface area contributed by atoms with Crippen LogP contribution in [-0.4, -0.2) is 22.2 Å². The zero-order chi connectivity index (χ0) is 12.7. The van der Waals surface area contributed by atoms with Gasteiger partial charge in [0, 0.05) is 12.1 Å². The van der Waals surface area contributed by atoms with Crippen LogP contribution in [0.25, 0.3) is 5.52 Å². The number of carbonyl (C=O) groups is 1. The number of rotatable bonds is 3. The van der Waals surface area contributed by atoms with E-state index >= 15 is 0 Å². The van der Waals surface area contributed by atoms with Crippen molar-refractivity contribution < 1.29 is 9.53 Å². The van der Waals surface area contributed by atoms with E-state index in [1.54, 1.807) is 0 Å². The van der Waals surface area contributed by atoms with Crippen LogP contribution < -0.4 is 0 Å². The fourth-order valence-corrected chi connectivity index (χ4v) is 2.52. The number of carbonyl (C=O) groups excluding carboxylic acids is 1. The van der Waals surface area contributed by atoms with Crippen molar-refractivity contribution in [2.24, 2.45) is 5.92 Å². The van der Waals surface area contributed by atoms with Crippen molar-refractivity contribution in [1.82, 2.24) is 9.61 Å². The number of nitrogens with zero attached hydrogens (tertiary/aromatic N) is 2. The summed E-state index contributed by atoms with van der Waals surface area (Å²) in [6, 6.07) is 6.13. The van der Waals surface area contributed by atoms with Crippen LogP contribution in [-0.2, 0) is 9.53 Å². The van der Waals surface area contributed by atoms with Crippen molar-refractivity contribution in [1.29, 1.82) is 0 Å². The average molecular weight is 244 g/mol. The Morgan fingerprint density at radius 1 is 1.61 bits per heavy atom. The van der Waals surface area contributed by atoms with Crippen LogP contribution >= 0.6 is 0 Å². The van der Waals surface area contributed by atoms with Crippen LogP contribution in [0, 0.1) is 12.8 Å². The normalized spacial score (nSPS) is 22.1. The summed E-state index contributed by atoms with van der Waals surface area (Å²) in [5, 5.41) is 4.39. The number of fused-ring (bicyclic) bond motifs is 1. The van der Waals surface area contributed by atoms with Gasteiger partial charge in [-0.3, -0.25) is 4.79 Å². The molecule has 2 heterocycles. The van der Waals surface area contributed by atoms with Gasteiger partial charge in [0.05, 0.1) is 23.7 Å². The van der Waals surface area contributed by atoms with Crippen LogP contribution in [0.2, 0.25) is 0 Å². The number of hydrogen-bond donors (Lipinski definition) is 0. The van der Waals surface area contributed by atoms with E-state index in [0.717, 1.165) is 17.6 Å². The molecule has 3 rings (SSSR count). The van der Waals surface area contributed by atoms with Gasteiger partial charge in [-0.15, -0.1) is 0 Å². The number of ether oxygens (including phenoxy) is 1. The summed E-state index contributed by atoms with van der Waals surface area (Å²) in [6.07, 6.45) is 2.83. The fourth-order valence-electron chi connectivity index (χ4n) is 2.52. The highest BCUT2D eigenvalue weighted by Crippen LogP contribution is 2.49. The standard InChI is InChI=1S/C14H16N2O2/c1-3-18-14(17)12-8-11(12)10-5-4-6-16-13(10)7-9(2)15-16/h4-7,11-12H,3,8H2,1-2H3. The zero-order valence-corrected chi connectivity index (χ0v) is 10.6. The van der Waals surface area contributed by atoms with E-state index in [1.165, 1.54) is 5.56 Å². The second-order valence-corrected chi connectivity index (χ2v) is 4.78. The van der Waals surface area contributed by atoms with Crippen molar-refractivity contribution in [3.8, 4) is 0 Å². The Kier molecular flexibility index (Phi) is 2.58. The minimum Gasteiger partial charge on any atom is -0.466 e. The van der Waals surface area contributed by atoms with Crippen molar-refractivity contribution in [2.75, 3.05) is 6.61 Å². The second-order valence-electron chi connectivity index (χ2n) is 4.78. The molecular weight excluding hydrogens is 228 g/mol. The van der Waals surface area contributed by atoms with E-state index in [2.05, 4.69) is 17.2 Å². The van der Waals surface area contributed by atoms with Crippen LogP contribution in [0.1, 0.15) is 30.5 Å². The summed E-state index contributed by atoms with van der Waals surface area (Å²) >= 11 is 0. The van der Waals surface area contributed by atoms with Crippen molar-refractivity contribution in [2.45, 2.75) is 26.2 Å². The van der Waals surface area contributed by atoms with Crippen LogP contribution in [0.15, 0.2) is 24.4 Å². The third-order valence-electron chi connectivity index (χ3n) is 3.44. The molecule has 1 fully saturated rings. The SMILES string of the molecule is CCOC(=O)C1CC1c1cccn2nc(C)cc12. The minimum absolute atomic E-state index is 0.0337. The molecule has 0 amide bonds. The molecule has 1 aliphatic rings. The molecule has 1 saturated carbocycles. The first kappa shape index (κ1) is 11.3. The highest BCUT2D eigenvalue weighted by molar-refractivity contribution is 5.78. The molecule has 0 aliphatic heterocycles. The van der Waals surface area contributed by atoms with Gasteiger partial charge < -0.3 is 4.74 Å². The molecule has 2 aromatic heterocycles. The maximum atomic E-state index is 11.7. The highest BCUT2D eigenvalue weighted by atomic mass is 16.5. The lowest BCUT2D eigenvalue weighted by Crippen LogP contribution is -2.07. The Morgan fingerprint density at radius 3 is 3.22 bits per heavy atom. The third-order valence-corrected chi connectivity index (χ3v) is 3.44. The molecule has 2 aromatic rings. The maximum Gasteiger partial charge on any atom is 0.309 e. The van der Waals surface area contributed by atoms with E-state index in [4.69, 9.17) is 4.74 Å². The lowest BCUT2D eigenvalue weighted by molar-refractivity contribution is -0.144. The number of hydrogen-bond acceptors (Lipinski definition) is 3. The molecule has 0 spiro atoms. The topological polar surface area (TPSA) is 43.6 Å². The molecule has 0 saturated heterocycles. The van der Waals surface area contributed by atoms with Crippen LogP contribution in [0.5, 0.6) is 0 Å². The number of pyridine rings is 1. The van der Waals surface area contributed by atoms with Gasteiger partial charge in [-0.1, -0.05) is 6.07 Å². The van der Waals surface area contributed by atoms with Gasteiger partial charge in [0.1, 0.15) is 0 Å². The number of aryl methyl sites for hydroxylation is 1. The Bertz CT molecular complexity index is 603. The molecule has 94 valence electrons. The smallest absolute Gasteiger partial charge is 0.309 e. The molecule has 0 N–H and O–H groups in total. The van der Waals surface area contributed by atoms with Gasteiger partial charge >= 0.3 is 5.97 Å². The number of aromatic nitrogens is 2. The monoisotopic (exact) mass is 244 g/mol. The molecule has 0 aromatic carbocycles. The summed E-state index contributed by atoms with van der Waals surface area (Å²) in [4.78, 5) is 11.7. The first-order valence-corrected chi connectivity index (χ1v) is 6.32. The molecule has 2 unspecified atom stereocenters. The van der Waals surface area contributed by atoms with Gasteiger partial charge in [0.25, 0.3) is 0 Å². The van der Waals surface area contributed by atoms with E-state index in [-0.39, 0.29) is 11.9 Å². The summed E-state index contributed by atoms with van der Waals surface area (Å²) in [5.74, 6) is 0.260. The fraction of sp³-hybridized carbons (Fsp3) is 0.429. The van der Waals surface area contributed by atoms with Gasteiger partial charge in [-0.2, -0.15) is 5.10 Å². The van der Waals surface area contributed by atoms with E-state index < -0.39 is 0 Å². The van der Waals surface area contributed by atoms with Gasteiger partial charge in [0.2, 0.25) is 0 Å². The quantitative estimate of drug-likeness (QED) is 0.778. The first-order chi connectivity index (χ1) is 8.70. The highest BCUT2D eigenvalue weighted by Gasteiger charge is 2.46. The maximum absolute atomic E-state index is 11.7. The Balaban J connectivity index is 1.90. The lowest BCUT2D eigenvalue weighted by Gasteiger charge is -2.03. The Morgan fingerprint density at radius 2 is 2.44 bits per heavy atom. The molecular formula is C14H16N2O2. The molecule has 0 radical (unpaired) electrons. The predicted octanol–water partition coefficient (Wildman–Crippen LogP) is 2.31. The minimum atomic E-state index is -0.0688. The molecule has 4 heteroatoms. The summed E-state index contributed by atoms with van der Waals surface area (Å²) < 4.78 is 6.95. The third kappa shape index (κ3) is 1.78. The Hall–Kier alpha value is -1.84. The molecule has 4 nitrogen and oxygen atoms in total. The van der Waals surface area contributed by atoms with Crippen molar-refractivity contribution >= 4 is 11.5 Å². The van der Waals surface area contributed by atoms with E-state index in [1.807, 2.05) is 30.6 Å². The largest absolute Gasteiger partial charge is 0.466 e. The average Bonchev–Trinajstić information content (AvgIpc) is 3.03. The number of esters is 1. The summed E-state index contributed by atoms with van der Waals surface area (Å²) in [6.45, 7) is 4.28. The Labute approximate surface area is 106 Å². The van der Waals surface area contributed by atoms with E-state index in [9.17, 15) is 4.79 Å². The van der Waals surface area contributed by atoms with Gasteiger partial charge in [-0.25, -0.2) is 4.52 Å². The van der Waals surface area contributed by atoms with Crippen LogP contribution in [0.4, 0.5) is 0 Å². The van der Waals surface area contributed by atoms with Gasteiger partial charge in [-0.05, 0) is 38.0 Å². The van der Waals surface area contributed by atoms with Crippen molar-refractivity contribution in [3.05, 3.63) is 35.7 Å². The van der Waals surface area contributed by atoms with Gasteiger partial charge in [0.15, 0.2) is 0 Å².